The van der Waals surface area contributed by atoms with E-state index < -0.39 is 10.0 Å². The first-order valence-electron chi connectivity index (χ1n) is 11.4. The highest BCUT2D eigenvalue weighted by molar-refractivity contribution is 7.89. The normalized spacial score (nSPS) is 18.0. The second-order valence-electron chi connectivity index (χ2n) is 8.76. The fourth-order valence-corrected chi connectivity index (χ4v) is 5.33. The van der Waals surface area contributed by atoms with Gasteiger partial charge in [0.15, 0.2) is 5.76 Å². The molecule has 1 aliphatic heterocycles. The van der Waals surface area contributed by atoms with Crippen molar-refractivity contribution in [1.82, 2.24) is 9.73 Å². The Morgan fingerprint density at radius 3 is 2.44 bits per heavy atom. The van der Waals surface area contributed by atoms with Crippen molar-refractivity contribution in [3.63, 3.8) is 0 Å². The molecule has 1 N–H and O–H groups in total. The average molecular weight is 488 g/mol. The number of fused-ring (bicyclic) bond motifs is 1. The number of sulfonamides is 1. The summed E-state index contributed by atoms with van der Waals surface area (Å²) in [5.74, 6) is 0.225. The maximum Gasteiger partial charge on any atom is 0.308 e. The highest BCUT2D eigenvalue weighted by Gasteiger charge is 2.33. The van der Waals surface area contributed by atoms with Crippen LogP contribution >= 0.6 is 0 Å². The van der Waals surface area contributed by atoms with E-state index in [9.17, 15) is 18.0 Å². The monoisotopic (exact) mass is 487 g/mol. The largest absolute Gasteiger partial charge is 0.469 e. The first-order valence-corrected chi connectivity index (χ1v) is 12.8. The van der Waals surface area contributed by atoms with Crippen LogP contribution in [0.15, 0.2) is 38.7 Å². The molecule has 182 valence electrons. The number of carbonyl (C=O) groups is 2. The second kappa shape index (κ2) is 9.61. The number of rotatable bonds is 5. The minimum absolute atomic E-state index is 0.133. The minimum Gasteiger partial charge on any atom is -0.469 e. The maximum atomic E-state index is 13.2. The molecule has 1 fully saturated rings. The summed E-state index contributed by atoms with van der Waals surface area (Å²) in [5.41, 5.74) is 2.87. The van der Waals surface area contributed by atoms with E-state index in [2.05, 4.69) is 9.93 Å². The fourth-order valence-electron chi connectivity index (χ4n) is 4.50. The third-order valence-electron chi connectivity index (χ3n) is 6.47. The summed E-state index contributed by atoms with van der Waals surface area (Å²) in [4.78, 5) is 29.1. The Hall–Kier alpha value is -3.14. The molecule has 2 heterocycles. The van der Waals surface area contributed by atoms with Gasteiger partial charge in [0.25, 0.3) is 15.9 Å². The number of piperidine rings is 1. The molecule has 2 aromatic rings. The molecule has 1 amide bonds. The van der Waals surface area contributed by atoms with Gasteiger partial charge in [0.2, 0.25) is 0 Å². The summed E-state index contributed by atoms with van der Waals surface area (Å²) in [6, 6.07) is 6.53. The Morgan fingerprint density at radius 1 is 1.12 bits per heavy atom. The molecule has 10 heteroatoms. The molecule has 0 unspecified atom stereocenters. The summed E-state index contributed by atoms with van der Waals surface area (Å²) in [6.45, 7) is 4.57. The molecular formula is C24H29N3O6S. The average Bonchev–Trinajstić information content (AvgIpc) is 3.19. The summed E-state index contributed by atoms with van der Waals surface area (Å²) in [6.07, 6.45) is 3.06. The van der Waals surface area contributed by atoms with Crippen molar-refractivity contribution in [1.29, 1.82) is 0 Å². The number of nitrogens with zero attached hydrogens (tertiary/aromatic N) is 2. The number of benzene rings is 1. The van der Waals surface area contributed by atoms with Gasteiger partial charge in [-0.05, 0) is 51.7 Å². The Labute approximate surface area is 199 Å². The van der Waals surface area contributed by atoms with Gasteiger partial charge in [-0.25, -0.2) is 0 Å². The lowest BCUT2D eigenvalue weighted by molar-refractivity contribution is -0.146. The lowest BCUT2D eigenvalue weighted by atomic mass is 9.93. The number of methoxy groups -OCH3 is 1. The predicted molar refractivity (Wildman–Crippen MR) is 125 cm³/mol. The molecule has 2 aliphatic rings. The Kier molecular flexibility index (Phi) is 6.79. The van der Waals surface area contributed by atoms with Crippen molar-refractivity contribution in [2.24, 2.45) is 11.0 Å². The number of hydrazone groups is 1. The van der Waals surface area contributed by atoms with Crippen LogP contribution in [0.2, 0.25) is 0 Å². The van der Waals surface area contributed by atoms with Gasteiger partial charge in [-0.3, -0.25) is 9.59 Å². The number of esters is 1. The van der Waals surface area contributed by atoms with Gasteiger partial charge in [0.05, 0.1) is 23.6 Å². The van der Waals surface area contributed by atoms with Crippen LogP contribution in [-0.4, -0.2) is 51.1 Å². The van der Waals surface area contributed by atoms with Crippen molar-refractivity contribution in [2.45, 2.75) is 50.8 Å². The molecule has 34 heavy (non-hydrogen) atoms. The van der Waals surface area contributed by atoms with Crippen LogP contribution < -0.4 is 4.83 Å². The van der Waals surface area contributed by atoms with Crippen LogP contribution in [0.4, 0.5) is 0 Å². The first-order chi connectivity index (χ1) is 16.2. The second-order valence-corrected chi connectivity index (χ2v) is 10.4. The number of ether oxygens (including phenoxy) is 1. The highest BCUT2D eigenvalue weighted by Crippen LogP contribution is 2.31. The number of amides is 1. The molecule has 0 radical (unpaired) electrons. The quantitative estimate of drug-likeness (QED) is 0.512. The van der Waals surface area contributed by atoms with Gasteiger partial charge in [-0.15, -0.1) is 0 Å². The molecule has 1 aromatic carbocycles. The third-order valence-corrected chi connectivity index (χ3v) is 7.69. The molecule has 0 atom stereocenters. The number of nitrogens with one attached hydrogen (secondary N) is 1. The SMILES string of the molecule is COC(=O)C1CCN(C(=O)c2oc3c(c2C)/C(=N/NS(=O)(=O)c2ccc(C)cc2)CCC3)CC1. The molecule has 1 saturated heterocycles. The van der Waals surface area contributed by atoms with E-state index in [0.717, 1.165) is 12.0 Å². The van der Waals surface area contributed by atoms with Crippen molar-refractivity contribution >= 4 is 27.6 Å². The van der Waals surface area contributed by atoms with E-state index in [0.29, 0.717) is 61.4 Å². The number of hydrogen-bond acceptors (Lipinski definition) is 7. The molecule has 4 rings (SSSR count). The summed E-state index contributed by atoms with van der Waals surface area (Å²) < 4.78 is 36.1. The van der Waals surface area contributed by atoms with Crippen LogP contribution in [0.1, 0.15) is 58.7 Å². The predicted octanol–water partition coefficient (Wildman–Crippen LogP) is 2.94. The van der Waals surface area contributed by atoms with Gasteiger partial charge in [0, 0.05) is 30.6 Å². The van der Waals surface area contributed by atoms with Crippen LogP contribution in [0.25, 0.3) is 0 Å². The van der Waals surface area contributed by atoms with Gasteiger partial charge in [-0.1, -0.05) is 17.7 Å². The minimum atomic E-state index is -3.81. The number of furan rings is 1. The topological polar surface area (TPSA) is 118 Å². The molecular weight excluding hydrogens is 458 g/mol. The zero-order valence-corrected chi connectivity index (χ0v) is 20.4. The van der Waals surface area contributed by atoms with Crippen molar-refractivity contribution in [2.75, 3.05) is 20.2 Å². The molecule has 1 aromatic heterocycles. The fraction of sp³-hybridized carbons (Fsp3) is 0.458. The maximum absolute atomic E-state index is 13.2. The van der Waals surface area contributed by atoms with Crippen LogP contribution in [0.5, 0.6) is 0 Å². The number of likely N-dealkylation sites (tertiary alicyclic amines) is 1. The van der Waals surface area contributed by atoms with Crippen LogP contribution in [0, 0.1) is 19.8 Å². The van der Waals surface area contributed by atoms with E-state index in [1.165, 1.54) is 19.2 Å². The van der Waals surface area contributed by atoms with Gasteiger partial charge >= 0.3 is 5.97 Å². The standard InChI is InChI=1S/C24H29N3O6S/c1-15-7-9-18(10-8-15)34(30,31)26-25-19-5-4-6-20-21(19)16(2)22(33-20)23(28)27-13-11-17(12-14-27)24(29)32-3/h7-10,17,26H,4-6,11-14H2,1-3H3/b25-19+. The summed E-state index contributed by atoms with van der Waals surface area (Å²) >= 11 is 0. The Bertz CT molecular complexity index is 1220. The third kappa shape index (κ3) is 4.72. The highest BCUT2D eigenvalue weighted by atomic mass is 32.2. The molecule has 0 saturated carbocycles. The summed E-state index contributed by atoms with van der Waals surface area (Å²) in [5, 5.41) is 4.22. The lowest BCUT2D eigenvalue weighted by Crippen LogP contribution is -2.40. The van der Waals surface area contributed by atoms with Gasteiger partial charge in [-0.2, -0.15) is 18.4 Å². The molecule has 0 spiro atoms. The summed E-state index contributed by atoms with van der Waals surface area (Å²) in [7, 11) is -2.44. The van der Waals surface area contributed by atoms with E-state index >= 15 is 0 Å². The van der Waals surface area contributed by atoms with Crippen molar-refractivity contribution in [3.05, 3.63) is 52.5 Å². The smallest absolute Gasteiger partial charge is 0.308 e. The van der Waals surface area contributed by atoms with Crippen molar-refractivity contribution < 1.29 is 27.2 Å². The van der Waals surface area contributed by atoms with Crippen LogP contribution in [-0.2, 0) is 26.0 Å². The van der Waals surface area contributed by atoms with Crippen LogP contribution in [0.3, 0.4) is 0 Å². The Balaban J connectivity index is 1.54. The van der Waals surface area contributed by atoms with E-state index in [1.807, 2.05) is 6.92 Å². The van der Waals surface area contributed by atoms with Gasteiger partial charge < -0.3 is 14.1 Å². The molecule has 1 aliphatic carbocycles. The Morgan fingerprint density at radius 2 is 1.79 bits per heavy atom. The lowest BCUT2D eigenvalue weighted by Gasteiger charge is -2.30. The van der Waals surface area contributed by atoms with E-state index in [-0.39, 0.29) is 28.5 Å². The van der Waals surface area contributed by atoms with E-state index in [1.54, 1.807) is 24.0 Å². The zero-order chi connectivity index (χ0) is 24.5. The number of carbonyl (C=O) groups excluding carboxylic acids is 2. The molecule has 0 bridgehead atoms. The number of aryl methyl sites for hydroxylation is 2. The molecule has 9 nitrogen and oxygen atoms in total. The van der Waals surface area contributed by atoms with Crippen molar-refractivity contribution in [3.8, 4) is 0 Å². The zero-order valence-electron chi connectivity index (χ0n) is 19.6. The van der Waals surface area contributed by atoms with E-state index in [4.69, 9.17) is 9.15 Å². The van der Waals surface area contributed by atoms with Gasteiger partial charge in [0.1, 0.15) is 5.76 Å². The number of hydrogen-bond donors (Lipinski definition) is 1. The first kappa shape index (κ1) is 24.0.